The molecule has 170 valence electrons. The number of hydrogen-bond acceptors (Lipinski definition) is 4. The van der Waals surface area contributed by atoms with Crippen LogP contribution in [-0.2, 0) is 6.42 Å². The third kappa shape index (κ3) is 4.08. The quantitative estimate of drug-likeness (QED) is 0.354. The molecular weight excluding hydrogens is 448 g/mol. The number of nitrogens with zero attached hydrogens (tertiary/aromatic N) is 3. The second-order valence-corrected chi connectivity index (χ2v) is 8.52. The van der Waals surface area contributed by atoms with Gasteiger partial charge in [0.1, 0.15) is 0 Å². The molecule has 0 spiro atoms. The van der Waals surface area contributed by atoms with Crippen LogP contribution in [0.15, 0.2) is 89.1 Å². The van der Waals surface area contributed by atoms with Gasteiger partial charge in [-0.2, -0.15) is 4.98 Å². The summed E-state index contributed by atoms with van der Waals surface area (Å²) in [7, 11) is 0. The molecule has 0 saturated heterocycles. The fourth-order valence-corrected chi connectivity index (χ4v) is 4.38. The number of carbonyl (C=O) groups is 1. The molecule has 1 atom stereocenters. The van der Waals surface area contributed by atoms with E-state index >= 15 is 0 Å². The van der Waals surface area contributed by atoms with E-state index in [0.717, 1.165) is 34.5 Å². The smallest absolute Gasteiger partial charge is 0.326 e. The van der Waals surface area contributed by atoms with Crippen LogP contribution in [0.25, 0.3) is 17.0 Å². The molecule has 5 rings (SSSR count). The fraction of sp³-hybridized carbons (Fsp3) is 0.148. The summed E-state index contributed by atoms with van der Waals surface area (Å²) in [5.41, 5.74) is 5.12. The Bertz CT molecular complexity index is 1360. The number of rotatable bonds is 5. The van der Waals surface area contributed by atoms with E-state index in [9.17, 15) is 4.79 Å². The van der Waals surface area contributed by atoms with Crippen LogP contribution in [0.1, 0.15) is 36.9 Å². The second kappa shape index (κ2) is 9.15. The number of allylic oxidation sites excluding steroid dienone is 1. The maximum absolute atomic E-state index is 13.3. The number of urea groups is 1. The lowest BCUT2D eigenvalue weighted by Crippen LogP contribution is -2.46. The van der Waals surface area contributed by atoms with Gasteiger partial charge in [0.2, 0.25) is 5.82 Å². The first-order valence-corrected chi connectivity index (χ1v) is 11.5. The van der Waals surface area contributed by atoms with Crippen molar-refractivity contribution in [2.45, 2.75) is 26.3 Å². The van der Waals surface area contributed by atoms with E-state index in [0.29, 0.717) is 16.7 Å². The minimum atomic E-state index is -0.437. The van der Waals surface area contributed by atoms with Gasteiger partial charge in [-0.05, 0) is 48.7 Å². The lowest BCUT2D eigenvalue weighted by molar-refractivity contribution is 0.244. The van der Waals surface area contributed by atoms with E-state index in [-0.39, 0.29) is 6.03 Å². The molecule has 1 aromatic heterocycles. The molecule has 3 aromatic carbocycles. The third-order valence-corrected chi connectivity index (χ3v) is 6.19. The van der Waals surface area contributed by atoms with E-state index in [2.05, 4.69) is 22.4 Å². The Morgan fingerprint density at radius 2 is 1.79 bits per heavy atom. The van der Waals surface area contributed by atoms with Gasteiger partial charge in [-0.15, -0.1) is 0 Å². The molecule has 2 amide bonds. The van der Waals surface area contributed by atoms with Crippen LogP contribution >= 0.6 is 11.6 Å². The summed E-state index contributed by atoms with van der Waals surface area (Å²) in [6, 6.07) is 24.4. The van der Waals surface area contributed by atoms with Crippen molar-refractivity contribution in [2.75, 3.05) is 4.90 Å². The number of nitrogens with one attached hydrogen (secondary N) is 1. The minimum Gasteiger partial charge on any atom is -0.334 e. The van der Waals surface area contributed by atoms with Crippen molar-refractivity contribution in [1.82, 2.24) is 15.5 Å². The molecule has 34 heavy (non-hydrogen) atoms. The maximum Gasteiger partial charge on any atom is 0.326 e. The van der Waals surface area contributed by atoms with Crippen molar-refractivity contribution in [3.63, 3.8) is 0 Å². The summed E-state index contributed by atoms with van der Waals surface area (Å²) >= 11 is 6.15. The zero-order valence-electron chi connectivity index (χ0n) is 18.8. The van der Waals surface area contributed by atoms with Crippen molar-refractivity contribution in [1.29, 1.82) is 0 Å². The van der Waals surface area contributed by atoms with Gasteiger partial charge in [0.25, 0.3) is 5.89 Å². The standard InChI is InChI=1S/C27H23ClN4O2/c1-3-18-12-14-22(15-13-18)32-17(2)23(24(29-27(32)33)19-8-5-4-6-9-19)26-30-25(31-34-26)20-10-7-11-21(28)16-20/h4-16,24H,3H2,1-2H3,(H,29,33). The highest BCUT2D eigenvalue weighted by Crippen LogP contribution is 2.39. The van der Waals surface area contributed by atoms with Crippen molar-refractivity contribution < 1.29 is 9.32 Å². The molecule has 1 aliphatic heterocycles. The highest BCUT2D eigenvalue weighted by molar-refractivity contribution is 6.30. The summed E-state index contributed by atoms with van der Waals surface area (Å²) in [6.45, 7) is 4.00. The molecule has 0 aliphatic carbocycles. The Morgan fingerprint density at radius 1 is 1.03 bits per heavy atom. The molecule has 1 aliphatic rings. The van der Waals surface area contributed by atoms with Crippen LogP contribution in [0.5, 0.6) is 0 Å². The molecule has 1 unspecified atom stereocenters. The van der Waals surface area contributed by atoms with Gasteiger partial charge in [0.05, 0.1) is 17.3 Å². The Labute approximate surface area is 202 Å². The van der Waals surface area contributed by atoms with Gasteiger partial charge in [0.15, 0.2) is 0 Å². The minimum absolute atomic E-state index is 0.214. The number of anilines is 1. The molecule has 0 saturated carbocycles. The van der Waals surface area contributed by atoms with Crippen molar-refractivity contribution in [3.8, 4) is 11.4 Å². The van der Waals surface area contributed by atoms with Gasteiger partial charge in [-0.25, -0.2) is 4.79 Å². The van der Waals surface area contributed by atoms with Crippen LogP contribution in [-0.4, -0.2) is 16.2 Å². The van der Waals surface area contributed by atoms with Crippen LogP contribution in [0, 0.1) is 0 Å². The average Bonchev–Trinajstić information content (AvgIpc) is 3.34. The van der Waals surface area contributed by atoms with E-state index in [1.807, 2.05) is 73.7 Å². The monoisotopic (exact) mass is 470 g/mol. The number of aromatic nitrogens is 2. The largest absolute Gasteiger partial charge is 0.334 e. The van der Waals surface area contributed by atoms with Crippen LogP contribution in [0.3, 0.4) is 0 Å². The maximum atomic E-state index is 13.3. The summed E-state index contributed by atoms with van der Waals surface area (Å²) < 4.78 is 5.74. The van der Waals surface area contributed by atoms with E-state index in [4.69, 9.17) is 16.1 Å². The topological polar surface area (TPSA) is 71.3 Å². The first kappa shape index (κ1) is 21.9. The number of benzene rings is 3. The highest BCUT2D eigenvalue weighted by Gasteiger charge is 2.36. The lowest BCUT2D eigenvalue weighted by Gasteiger charge is -2.35. The molecule has 0 radical (unpaired) electrons. The molecule has 7 heteroatoms. The first-order valence-electron chi connectivity index (χ1n) is 11.1. The number of aryl methyl sites for hydroxylation is 1. The van der Waals surface area contributed by atoms with Crippen molar-refractivity contribution in [3.05, 3.63) is 107 Å². The normalized spacial score (nSPS) is 16.0. The Kier molecular flexibility index (Phi) is 5.90. The summed E-state index contributed by atoms with van der Waals surface area (Å²) in [5.74, 6) is 0.775. The zero-order chi connectivity index (χ0) is 23.7. The highest BCUT2D eigenvalue weighted by atomic mass is 35.5. The van der Waals surface area contributed by atoms with Crippen LogP contribution < -0.4 is 10.2 Å². The Morgan fingerprint density at radius 3 is 2.50 bits per heavy atom. The van der Waals surface area contributed by atoms with Crippen LogP contribution in [0.4, 0.5) is 10.5 Å². The van der Waals surface area contributed by atoms with Gasteiger partial charge in [-0.1, -0.05) is 78.3 Å². The SMILES string of the molecule is CCc1ccc(N2C(=O)NC(c3ccccc3)C(c3nc(-c4cccc(Cl)c4)no3)=C2C)cc1. The first-order chi connectivity index (χ1) is 16.5. The second-order valence-electron chi connectivity index (χ2n) is 8.08. The van der Waals surface area contributed by atoms with E-state index in [1.54, 1.807) is 17.0 Å². The molecule has 1 N–H and O–H groups in total. The number of carbonyl (C=O) groups excluding carboxylic acids is 1. The summed E-state index contributed by atoms with van der Waals surface area (Å²) in [4.78, 5) is 19.6. The van der Waals surface area contributed by atoms with E-state index in [1.165, 1.54) is 5.56 Å². The number of hydrogen-bond donors (Lipinski definition) is 1. The average molecular weight is 471 g/mol. The van der Waals surface area contributed by atoms with E-state index < -0.39 is 6.04 Å². The zero-order valence-corrected chi connectivity index (χ0v) is 19.6. The van der Waals surface area contributed by atoms with Crippen LogP contribution in [0.2, 0.25) is 5.02 Å². The Hall–Kier alpha value is -3.90. The van der Waals surface area contributed by atoms with Gasteiger partial charge in [0, 0.05) is 16.3 Å². The Balaban J connectivity index is 1.64. The number of amides is 2. The van der Waals surface area contributed by atoms with Gasteiger partial charge in [-0.3, -0.25) is 4.90 Å². The summed E-state index contributed by atoms with van der Waals surface area (Å²) in [6.07, 6.45) is 0.927. The molecule has 2 heterocycles. The van der Waals surface area contributed by atoms with Gasteiger partial charge >= 0.3 is 6.03 Å². The van der Waals surface area contributed by atoms with Crippen molar-refractivity contribution in [2.24, 2.45) is 0 Å². The number of halogens is 1. The molecular formula is C27H23ClN4O2. The molecule has 4 aromatic rings. The lowest BCUT2D eigenvalue weighted by atomic mass is 9.94. The molecule has 0 bridgehead atoms. The molecule has 0 fully saturated rings. The molecule has 6 nitrogen and oxygen atoms in total. The van der Waals surface area contributed by atoms with Crippen molar-refractivity contribution >= 4 is 28.9 Å². The predicted octanol–water partition coefficient (Wildman–Crippen LogP) is 6.65. The van der Waals surface area contributed by atoms with Gasteiger partial charge < -0.3 is 9.84 Å². The summed E-state index contributed by atoms with van der Waals surface area (Å²) in [5, 5.41) is 7.91. The third-order valence-electron chi connectivity index (χ3n) is 5.96. The predicted molar refractivity (Wildman–Crippen MR) is 133 cm³/mol. The fourth-order valence-electron chi connectivity index (χ4n) is 4.18.